The molecule has 0 atom stereocenters. The summed E-state index contributed by atoms with van der Waals surface area (Å²) in [6, 6.07) is 13.7. The van der Waals surface area contributed by atoms with Crippen LogP contribution in [0, 0.1) is 0 Å². The molecule has 0 aliphatic rings. The van der Waals surface area contributed by atoms with E-state index in [0.717, 1.165) is 36.3 Å². The number of ether oxygens (including phenoxy) is 1. The van der Waals surface area contributed by atoms with Gasteiger partial charge in [0.2, 0.25) is 0 Å². The number of unbranched alkanes of at least 4 members (excludes halogenated alkanes) is 1. The number of amides is 1. The number of hydrogen-bond acceptors (Lipinski definition) is 5. The molecule has 7 heteroatoms. The van der Waals surface area contributed by atoms with Crippen molar-refractivity contribution in [3.63, 3.8) is 0 Å². The molecule has 3 rings (SSSR count). The van der Waals surface area contributed by atoms with Crippen LogP contribution in [0.15, 0.2) is 48.7 Å². The molecule has 1 aromatic carbocycles. The second kappa shape index (κ2) is 9.05. The molecular weight excluding hydrogens is 344 g/mol. The smallest absolute Gasteiger partial charge is 0.262 e. The van der Waals surface area contributed by atoms with Crippen molar-refractivity contribution in [2.24, 2.45) is 0 Å². The molecule has 0 saturated carbocycles. The van der Waals surface area contributed by atoms with Gasteiger partial charge in [-0.15, -0.1) is 0 Å². The van der Waals surface area contributed by atoms with Crippen LogP contribution >= 0.6 is 0 Å². The molecule has 0 aliphatic heterocycles. The fourth-order valence-electron chi connectivity index (χ4n) is 2.85. The standard InChI is InChI=1S/C20H24N4O3/c1-2-3-10-16-19(21-13-18(25)23-26)24-12-7-11-17(20(24)22-16)27-14-15-8-5-4-6-9-15/h4-9,11-12,21,26H,2-3,10,13-14H2,1H3,(H,23,25). The SMILES string of the molecule is CCCCc1nc2c(OCc3ccccc3)cccn2c1NCC(=O)NO. The number of rotatable bonds is 9. The molecule has 142 valence electrons. The number of carbonyl (C=O) groups excluding carboxylic acids is 1. The first kappa shape index (κ1) is 18.7. The fourth-order valence-corrected chi connectivity index (χ4v) is 2.85. The van der Waals surface area contributed by atoms with Crippen molar-refractivity contribution >= 4 is 17.4 Å². The van der Waals surface area contributed by atoms with Gasteiger partial charge in [0.05, 0.1) is 12.2 Å². The topological polar surface area (TPSA) is 87.9 Å². The van der Waals surface area contributed by atoms with Crippen LogP contribution in [0.5, 0.6) is 5.75 Å². The van der Waals surface area contributed by atoms with E-state index in [9.17, 15) is 4.79 Å². The molecule has 0 aliphatic carbocycles. The van der Waals surface area contributed by atoms with Crippen molar-refractivity contribution in [2.45, 2.75) is 32.8 Å². The van der Waals surface area contributed by atoms with Gasteiger partial charge in [0, 0.05) is 6.20 Å². The van der Waals surface area contributed by atoms with E-state index in [4.69, 9.17) is 14.9 Å². The van der Waals surface area contributed by atoms with Gasteiger partial charge in [-0.1, -0.05) is 43.7 Å². The van der Waals surface area contributed by atoms with Gasteiger partial charge in [-0.3, -0.25) is 14.4 Å². The van der Waals surface area contributed by atoms with E-state index in [0.29, 0.717) is 18.0 Å². The predicted octanol–water partition coefficient (Wildman–Crippen LogP) is 3.17. The summed E-state index contributed by atoms with van der Waals surface area (Å²) < 4.78 is 7.88. The first-order valence-corrected chi connectivity index (χ1v) is 9.06. The predicted molar refractivity (Wildman–Crippen MR) is 103 cm³/mol. The number of fused-ring (bicyclic) bond motifs is 1. The van der Waals surface area contributed by atoms with Gasteiger partial charge < -0.3 is 10.1 Å². The van der Waals surface area contributed by atoms with E-state index in [1.807, 2.05) is 53.1 Å². The van der Waals surface area contributed by atoms with Gasteiger partial charge in [0.1, 0.15) is 12.4 Å². The number of hydroxylamine groups is 1. The monoisotopic (exact) mass is 368 g/mol. The molecule has 27 heavy (non-hydrogen) atoms. The van der Waals surface area contributed by atoms with Gasteiger partial charge in [-0.25, -0.2) is 10.5 Å². The Hall–Kier alpha value is -3.06. The van der Waals surface area contributed by atoms with E-state index in [1.165, 1.54) is 0 Å². The minimum atomic E-state index is -0.511. The van der Waals surface area contributed by atoms with Crippen LogP contribution in [-0.2, 0) is 17.8 Å². The molecule has 3 aromatic rings. The van der Waals surface area contributed by atoms with Crippen LogP contribution in [-0.4, -0.2) is 27.0 Å². The minimum absolute atomic E-state index is 0.0431. The zero-order valence-corrected chi connectivity index (χ0v) is 15.3. The number of pyridine rings is 1. The summed E-state index contributed by atoms with van der Waals surface area (Å²) in [6.07, 6.45) is 4.71. The van der Waals surface area contributed by atoms with Crippen LogP contribution in [0.3, 0.4) is 0 Å². The Balaban J connectivity index is 1.89. The van der Waals surface area contributed by atoms with E-state index >= 15 is 0 Å². The van der Waals surface area contributed by atoms with Crippen molar-refractivity contribution < 1.29 is 14.7 Å². The Kier molecular flexibility index (Phi) is 6.27. The minimum Gasteiger partial charge on any atom is -0.485 e. The number of nitrogens with zero attached hydrogens (tertiary/aromatic N) is 2. The Labute approximate surface area is 158 Å². The molecule has 0 radical (unpaired) electrons. The Morgan fingerprint density at radius 1 is 1.22 bits per heavy atom. The second-order valence-corrected chi connectivity index (χ2v) is 6.24. The molecule has 1 amide bonds. The lowest BCUT2D eigenvalue weighted by molar-refractivity contribution is -0.127. The summed E-state index contributed by atoms with van der Waals surface area (Å²) in [6.45, 7) is 2.53. The Morgan fingerprint density at radius 3 is 2.78 bits per heavy atom. The molecule has 0 unspecified atom stereocenters. The maximum atomic E-state index is 11.4. The molecule has 2 heterocycles. The maximum absolute atomic E-state index is 11.4. The van der Waals surface area contributed by atoms with Crippen LogP contribution in [0.1, 0.15) is 31.0 Å². The molecule has 7 nitrogen and oxygen atoms in total. The number of nitrogens with one attached hydrogen (secondary N) is 2. The quantitative estimate of drug-likeness (QED) is 0.399. The van der Waals surface area contributed by atoms with Crippen molar-refractivity contribution in [3.05, 3.63) is 59.9 Å². The van der Waals surface area contributed by atoms with Crippen LogP contribution in [0.2, 0.25) is 0 Å². The summed E-state index contributed by atoms with van der Waals surface area (Å²) >= 11 is 0. The van der Waals surface area contributed by atoms with E-state index in [1.54, 1.807) is 5.48 Å². The van der Waals surface area contributed by atoms with Gasteiger partial charge in [0.25, 0.3) is 5.91 Å². The highest BCUT2D eigenvalue weighted by molar-refractivity contribution is 5.79. The van der Waals surface area contributed by atoms with Gasteiger partial charge in [-0.05, 0) is 30.5 Å². The zero-order chi connectivity index (χ0) is 19.1. The molecule has 0 spiro atoms. The third-order valence-corrected chi connectivity index (χ3v) is 4.23. The summed E-state index contributed by atoms with van der Waals surface area (Å²) in [5.74, 6) is 0.911. The lowest BCUT2D eigenvalue weighted by Gasteiger charge is -2.09. The molecule has 0 saturated heterocycles. The summed E-state index contributed by atoms with van der Waals surface area (Å²) in [4.78, 5) is 16.2. The number of carbonyl (C=O) groups is 1. The van der Waals surface area contributed by atoms with Crippen LogP contribution in [0.4, 0.5) is 5.82 Å². The van der Waals surface area contributed by atoms with Crippen molar-refractivity contribution in [3.8, 4) is 5.75 Å². The summed E-state index contributed by atoms with van der Waals surface area (Å²) in [5.41, 5.74) is 4.28. The Morgan fingerprint density at radius 2 is 2.04 bits per heavy atom. The first-order valence-electron chi connectivity index (χ1n) is 9.06. The van der Waals surface area contributed by atoms with Gasteiger partial charge >= 0.3 is 0 Å². The first-order chi connectivity index (χ1) is 13.2. The maximum Gasteiger partial charge on any atom is 0.262 e. The lowest BCUT2D eigenvalue weighted by atomic mass is 10.2. The number of anilines is 1. The highest BCUT2D eigenvalue weighted by atomic mass is 16.5. The number of benzene rings is 1. The lowest BCUT2D eigenvalue weighted by Crippen LogP contribution is -2.27. The third kappa shape index (κ3) is 4.57. The summed E-state index contributed by atoms with van der Waals surface area (Å²) in [7, 11) is 0. The molecule has 2 aromatic heterocycles. The highest BCUT2D eigenvalue weighted by Crippen LogP contribution is 2.27. The van der Waals surface area contributed by atoms with Crippen LogP contribution in [0.25, 0.3) is 5.65 Å². The van der Waals surface area contributed by atoms with Crippen molar-refractivity contribution in [2.75, 3.05) is 11.9 Å². The largest absolute Gasteiger partial charge is 0.485 e. The third-order valence-electron chi connectivity index (χ3n) is 4.23. The molecule has 0 fully saturated rings. The fraction of sp³-hybridized carbons (Fsp3) is 0.300. The van der Waals surface area contributed by atoms with Crippen LogP contribution < -0.4 is 15.5 Å². The van der Waals surface area contributed by atoms with E-state index < -0.39 is 5.91 Å². The summed E-state index contributed by atoms with van der Waals surface area (Å²) in [5, 5.41) is 11.8. The zero-order valence-electron chi connectivity index (χ0n) is 15.3. The van der Waals surface area contributed by atoms with E-state index in [-0.39, 0.29) is 6.54 Å². The normalized spacial score (nSPS) is 10.7. The van der Waals surface area contributed by atoms with Crippen molar-refractivity contribution in [1.82, 2.24) is 14.9 Å². The van der Waals surface area contributed by atoms with Gasteiger partial charge in [0.15, 0.2) is 11.4 Å². The molecular formula is C20H24N4O3. The number of aromatic nitrogens is 2. The number of hydrogen-bond donors (Lipinski definition) is 3. The molecule has 3 N–H and O–H groups in total. The second-order valence-electron chi connectivity index (χ2n) is 6.24. The van der Waals surface area contributed by atoms with Crippen molar-refractivity contribution in [1.29, 1.82) is 0 Å². The number of imidazole rings is 1. The average molecular weight is 368 g/mol. The average Bonchev–Trinajstić information content (AvgIpc) is 3.07. The van der Waals surface area contributed by atoms with Gasteiger partial charge in [-0.2, -0.15) is 0 Å². The molecule has 0 bridgehead atoms. The Bertz CT molecular complexity index is 893. The van der Waals surface area contributed by atoms with E-state index in [2.05, 4.69) is 12.2 Å². The highest BCUT2D eigenvalue weighted by Gasteiger charge is 2.16. The number of aryl methyl sites for hydroxylation is 1.